The van der Waals surface area contributed by atoms with E-state index < -0.39 is 0 Å². The molecule has 0 amide bonds. The largest absolute Gasteiger partial charge is 0.432 e. The quantitative estimate of drug-likeness (QED) is 0.529. The molecule has 0 aromatic carbocycles. The lowest BCUT2D eigenvalue weighted by Crippen LogP contribution is -1.99. The zero-order valence-corrected chi connectivity index (χ0v) is 6.63. The standard InChI is InChI=1S/C8H12N2O/c1-3-4-5-9-8-10-7(2)6-11-8/h3,6H,1,4-5H2,2H3,(H,9,10). The summed E-state index contributed by atoms with van der Waals surface area (Å²) in [4.78, 5) is 4.07. The summed E-state index contributed by atoms with van der Waals surface area (Å²) in [5, 5.41) is 3.02. The summed E-state index contributed by atoms with van der Waals surface area (Å²) in [7, 11) is 0. The van der Waals surface area contributed by atoms with Crippen molar-refractivity contribution in [2.24, 2.45) is 0 Å². The maximum Gasteiger partial charge on any atom is 0.294 e. The highest BCUT2D eigenvalue weighted by molar-refractivity contribution is 5.20. The minimum Gasteiger partial charge on any atom is -0.432 e. The lowest BCUT2D eigenvalue weighted by molar-refractivity contribution is 0.570. The van der Waals surface area contributed by atoms with E-state index >= 15 is 0 Å². The van der Waals surface area contributed by atoms with Crippen molar-refractivity contribution in [3.63, 3.8) is 0 Å². The number of nitrogens with one attached hydrogen (secondary N) is 1. The highest BCUT2D eigenvalue weighted by Gasteiger charge is 1.96. The Morgan fingerprint density at radius 2 is 2.64 bits per heavy atom. The van der Waals surface area contributed by atoms with Crippen LogP contribution < -0.4 is 5.32 Å². The molecule has 1 aromatic rings. The van der Waals surface area contributed by atoms with Crippen LogP contribution in [0.15, 0.2) is 23.3 Å². The molecule has 3 heteroatoms. The van der Waals surface area contributed by atoms with Crippen molar-refractivity contribution < 1.29 is 4.42 Å². The van der Waals surface area contributed by atoms with Gasteiger partial charge in [0.25, 0.3) is 6.01 Å². The summed E-state index contributed by atoms with van der Waals surface area (Å²) in [6.07, 6.45) is 4.39. The van der Waals surface area contributed by atoms with Gasteiger partial charge < -0.3 is 9.73 Å². The lowest BCUT2D eigenvalue weighted by atomic mass is 10.4. The minimum absolute atomic E-state index is 0.587. The van der Waals surface area contributed by atoms with Crippen LogP contribution in [0.5, 0.6) is 0 Å². The normalized spacial score (nSPS) is 9.55. The van der Waals surface area contributed by atoms with Crippen LogP contribution >= 0.6 is 0 Å². The van der Waals surface area contributed by atoms with Gasteiger partial charge in [-0.05, 0) is 13.3 Å². The van der Waals surface area contributed by atoms with E-state index in [9.17, 15) is 0 Å². The Kier molecular flexibility index (Phi) is 2.72. The molecule has 1 rings (SSSR count). The van der Waals surface area contributed by atoms with E-state index in [0.717, 1.165) is 18.7 Å². The van der Waals surface area contributed by atoms with Gasteiger partial charge in [-0.2, -0.15) is 4.98 Å². The van der Waals surface area contributed by atoms with Crippen molar-refractivity contribution in [1.82, 2.24) is 4.98 Å². The third-order valence-corrected chi connectivity index (χ3v) is 1.24. The number of oxazole rings is 1. The molecule has 0 atom stereocenters. The summed E-state index contributed by atoms with van der Waals surface area (Å²) in [5.41, 5.74) is 0.895. The number of rotatable bonds is 4. The average Bonchev–Trinajstić information content (AvgIpc) is 2.37. The zero-order chi connectivity index (χ0) is 8.10. The van der Waals surface area contributed by atoms with Crippen molar-refractivity contribution in [2.75, 3.05) is 11.9 Å². The Labute approximate surface area is 66.1 Å². The molecule has 0 bridgehead atoms. The molecular formula is C8H12N2O. The molecule has 0 aliphatic carbocycles. The van der Waals surface area contributed by atoms with E-state index in [4.69, 9.17) is 4.42 Å². The Hall–Kier alpha value is -1.25. The van der Waals surface area contributed by atoms with Gasteiger partial charge in [-0.1, -0.05) is 6.08 Å². The second kappa shape index (κ2) is 3.81. The Morgan fingerprint density at radius 3 is 3.18 bits per heavy atom. The van der Waals surface area contributed by atoms with Gasteiger partial charge in [0.05, 0.1) is 5.69 Å². The maximum absolute atomic E-state index is 5.05. The van der Waals surface area contributed by atoms with E-state index in [1.54, 1.807) is 6.26 Å². The third-order valence-electron chi connectivity index (χ3n) is 1.24. The molecule has 3 nitrogen and oxygen atoms in total. The minimum atomic E-state index is 0.587. The number of hydrogen-bond donors (Lipinski definition) is 1. The zero-order valence-electron chi connectivity index (χ0n) is 6.63. The first-order valence-corrected chi connectivity index (χ1v) is 3.60. The van der Waals surface area contributed by atoms with Crippen LogP contribution in [0.1, 0.15) is 12.1 Å². The van der Waals surface area contributed by atoms with Gasteiger partial charge >= 0.3 is 0 Å². The van der Waals surface area contributed by atoms with Gasteiger partial charge in [0.15, 0.2) is 0 Å². The van der Waals surface area contributed by atoms with Gasteiger partial charge in [-0.3, -0.25) is 0 Å². The van der Waals surface area contributed by atoms with Gasteiger partial charge in [0.1, 0.15) is 6.26 Å². The predicted octanol–water partition coefficient (Wildman–Crippen LogP) is 1.97. The lowest BCUT2D eigenvalue weighted by Gasteiger charge is -1.95. The van der Waals surface area contributed by atoms with E-state index in [1.807, 2.05) is 13.0 Å². The molecular weight excluding hydrogens is 140 g/mol. The molecule has 0 spiro atoms. The van der Waals surface area contributed by atoms with Crippen molar-refractivity contribution in [2.45, 2.75) is 13.3 Å². The molecule has 60 valence electrons. The first kappa shape index (κ1) is 7.85. The fourth-order valence-corrected chi connectivity index (χ4v) is 0.716. The van der Waals surface area contributed by atoms with Gasteiger partial charge in [0.2, 0.25) is 0 Å². The van der Waals surface area contributed by atoms with E-state index in [1.165, 1.54) is 0 Å². The number of aromatic nitrogens is 1. The van der Waals surface area contributed by atoms with Crippen LogP contribution in [0.4, 0.5) is 6.01 Å². The van der Waals surface area contributed by atoms with Crippen molar-refractivity contribution in [1.29, 1.82) is 0 Å². The van der Waals surface area contributed by atoms with Gasteiger partial charge in [-0.25, -0.2) is 0 Å². The van der Waals surface area contributed by atoms with Crippen LogP contribution in [0.25, 0.3) is 0 Å². The Bertz CT molecular complexity index is 230. The first-order chi connectivity index (χ1) is 5.33. The fraction of sp³-hybridized carbons (Fsp3) is 0.375. The topological polar surface area (TPSA) is 38.1 Å². The second-order valence-electron chi connectivity index (χ2n) is 2.30. The molecule has 0 unspecified atom stereocenters. The monoisotopic (exact) mass is 152 g/mol. The summed E-state index contributed by atoms with van der Waals surface area (Å²) in [5.74, 6) is 0. The molecule has 0 saturated carbocycles. The predicted molar refractivity (Wildman–Crippen MR) is 44.5 cm³/mol. The average molecular weight is 152 g/mol. The van der Waals surface area contributed by atoms with Crippen LogP contribution in [0, 0.1) is 6.92 Å². The Morgan fingerprint density at radius 1 is 1.82 bits per heavy atom. The van der Waals surface area contributed by atoms with E-state index in [-0.39, 0.29) is 0 Å². The molecule has 11 heavy (non-hydrogen) atoms. The summed E-state index contributed by atoms with van der Waals surface area (Å²) in [6, 6.07) is 0.587. The molecule has 1 aromatic heterocycles. The van der Waals surface area contributed by atoms with E-state index in [2.05, 4.69) is 16.9 Å². The Balaban J connectivity index is 2.32. The molecule has 0 saturated heterocycles. The van der Waals surface area contributed by atoms with Crippen molar-refractivity contribution >= 4 is 6.01 Å². The highest BCUT2D eigenvalue weighted by atomic mass is 16.4. The molecule has 0 fully saturated rings. The molecule has 1 heterocycles. The summed E-state index contributed by atoms with van der Waals surface area (Å²) < 4.78 is 5.05. The van der Waals surface area contributed by atoms with Crippen LogP contribution in [0.2, 0.25) is 0 Å². The van der Waals surface area contributed by atoms with Crippen molar-refractivity contribution in [3.8, 4) is 0 Å². The second-order valence-corrected chi connectivity index (χ2v) is 2.30. The first-order valence-electron chi connectivity index (χ1n) is 3.60. The molecule has 1 N–H and O–H groups in total. The third kappa shape index (κ3) is 2.45. The van der Waals surface area contributed by atoms with Gasteiger partial charge in [-0.15, -0.1) is 6.58 Å². The number of aryl methyl sites for hydroxylation is 1. The smallest absolute Gasteiger partial charge is 0.294 e. The van der Waals surface area contributed by atoms with Crippen LogP contribution in [-0.2, 0) is 0 Å². The van der Waals surface area contributed by atoms with Gasteiger partial charge in [0, 0.05) is 6.54 Å². The molecule has 0 radical (unpaired) electrons. The van der Waals surface area contributed by atoms with Crippen molar-refractivity contribution in [3.05, 3.63) is 24.6 Å². The van der Waals surface area contributed by atoms with E-state index in [0.29, 0.717) is 6.01 Å². The molecule has 0 aliphatic rings. The highest BCUT2D eigenvalue weighted by Crippen LogP contribution is 2.05. The summed E-state index contributed by atoms with van der Waals surface area (Å²) >= 11 is 0. The van der Waals surface area contributed by atoms with Crippen LogP contribution in [-0.4, -0.2) is 11.5 Å². The maximum atomic E-state index is 5.05. The number of hydrogen-bond acceptors (Lipinski definition) is 3. The molecule has 0 aliphatic heterocycles. The van der Waals surface area contributed by atoms with Crippen LogP contribution in [0.3, 0.4) is 0 Å². The fourth-order valence-electron chi connectivity index (χ4n) is 0.716. The SMILES string of the molecule is C=CCCNc1nc(C)co1. The number of nitrogens with zero attached hydrogens (tertiary/aromatic N) is 1. The summed E-state index contributed by atoms with van der Waals surface area (Å²) in [6.45, 7) is 6.32. The number of anilines is 1.